The fourth-order valence-corrected chi connectivity index (χ4v) is 3.30. The first-order valence-electron chi connectivity index (χ1n) is 8.89. The molecule has 1 atom stereocenters. The van der Waals surface area contributed by atoms with E-state index in [9.17, 15) is 9.59 Å². The van der Waals surface area contributed by atoms with Crippen molar-refractivity contribution in [2.75, 3.05) is 6.54 Å². The largest absolute Gasteiger partial charge is 0.353 e. The van der Waals surface area contributed by atoms with Crippen LogP contribution in [0.25, 0.3) is 0 Å². The molecule has 1 aliphatic rings. The molecule has 1 saturated carbocycles. The van der Waals surface area contributed by atoms with Crippen molar-refractivity contribution in [3.05, 3.63) is 35.9 Å². The van der Waals surface area contributed by atoms with E-state index in [1.165, 1.54) is 18.4 Å². The van der Waals surface area contributed by atoms with Crippen LogP contribution in [0.5, 0.6) is 0 Å². The summed E-state index contributed by atoms with van der Waals surface area (Å²) in [7, 11) is 0. The van der Waals surface area contributed by atoms with E-state index in [1.54, 1.807) is 6.92 Å². The zero-order valence-electron chi connectivity index (χ0n) is 15.3. The van der Waals surface area contributed by atoms with E-state index in [0.717, 1.165) is 12.8 Å². The molecule has 0 spiro atoms. The Hall–Kier alpha value is -1.84. The summed E-state index contributed by atoms with van der Waals surface area (Å²) in [6, 6.07) is 9.93. The minimum atomic E-state index is -0.522. The highest BCUT2D eigenvalue weighted by atomic mass is 16.2. The number of amides is 2. The molecule has 1 aromatic carbocycles. The van der Waals surface area contributed by atoms with Gasteiger partial charge in [-0.1, -0.05) is 63.9 Å². The molecule has 24 heavy (non-hydrogen) atoms. The standard InChI is InChI=1S/C20H30N2O2/c1-15(22-18(24)19(2,3)4)17(23)21-14-20(12-8-9-13-20)16-10-6-5-7-11-16/h5-7,10-11,15H,8-9,12-14H2,1-4H3,(H,21,23)(H,22,24). The number of hydrogen-bond donors (Lipinski definition) is 2. The van der Waals surface area contributed by atoms with Crippen molar-refractivity contribution < 1.29 is 9.59 Å². The average Bonchev–Trinajstić information content (AvgIpc) is 3.02. The predicted molar refractivity (Wildman–Crippen MR) is 96.7 cm³/mol. The molecule has 1 unspecified atom stereocenters. The molecule has 2 rings (SSSR count). The molecule has 1 fully saturated rings. The van der Waals surface area contributed by atoms with Crippen molar-refractivity contribution >= 4 is 11.8 Å². The number of nitrogens with one attached hydrogen (secondary N) is 2. The van der Waals surface area contributed by atoms with E-state index in [0.29, 0.717) is 6.54 Å². The molecule has 1 aliphatic carbocycles. The van der Waals surface area contributed by atoms with Crippen molar-refractivity contribution in [1.29, 1.82) is 0 Å². The lowest BCUT2D eigenvalue weighted by Crippen LogP contribution is -2.50. The molecule has 0 heterocycles. The Morgan fingerprint density at radius 3 is 2.25 bits per heavy atom. The second-order valence-corrected chi connectivity index (χ2v) is 8.02. The highest BCUT2D eigenvalue weighted by Gasteiger charge is 2.36. The SMILES string of the molecule is CC(NC(=O)C(C)(C)C)C(=O)NCC1(c2ccccc2)CCCC1. The normalized spacial score (nSPS) is 18.0. The third kappa shape index (κ3) is 4.37. The molecule has 4 heteroatoms. The summed E-state index contributed by atoms with van der Waals surface area (Å²) in [4.78, 5) is 24.4. The van der Waals surface area contributed by atoms with Crippen LogP contribution in [-0.4, -0.2) is 24.4 Å². The molecule has 0 radical (unpaired) electrons. The van der Waals surface area contributed by atoms with Gasteiger partial charge in [0.15, 0.2) is 0 Å². The van der Waals surface area contributed by atoms with Crippen molar-refractivity contribution in [2.45, 2.75) is 64.8 Å². The van der Waals surface area contributed by atoms with E-state index in [-0.39, 0.29) is 17.2 Å². The van der Waals surface area contributed by atoms with Gasteiger partial charge in [-0.3, -0.25) is 9.59 Å². The summed E-state index contributed by atoms with van der Waals surface area (Å²) < 4.78 is 0. The van der Waals surface area contributed by atoms with Crippen LogP contribution in [-0.2, 0) is 15.0 Å². The summed E-state index contributed by atoms with van der Waals surface area (Å²) in [5.41, 5.74) is 0.838. The summed E-state index contributed by atoms with van der Waals surface area (Å²) in [5.74, 6) is -0.224. The highest BCUT2D eigenvalue weighted by molar-refractivity contribution is 5.89. The van der Waals surface area contributed by atoms with E-state index >= 15 is 0 Å². The number of rotatable bonds is 5. The Kier molecular flexibility index (Phi) is 5.68. The maximum Gasteiger partial charge on any atom is 0.242 e. The molecular weight excluding hydrogens is 300 g/mol. The zero-order valence-corrected chi connectivity index (χ0v) is 15.3. The second-order valence-electron chi connectivity index (χ2n) is 8.02. The summed E-state index contributed by atoms with van der Waals surface area (Å²) >= 11 is 0. The lowest BCUT2D eigenvalue weighted by Gasteiger charge is -2.31. The summed E-state index contributed by atoms with van der Waals surface area (Å²) in [6.45, 7) is 7.90. The molecule has 132 valence electrons. The van der Waals surface area contributed by atoms with Gasteiger partial charge >= 0.3 is 0 Å². The highest BCUT2D eigenvalue weighted by Crippen LogP contribution is 2.40. The molecule has 2 N–H and O–H groups in total. The topological polar surface area (TPSA) is 58.2 Å². The maximum atomic E-state index is 12.4. The Bertz CT molecular complexity index is 569. The van der Waals surface area contributed by atoms with Gasteiger partial charge in [0.05, 0.1) is 0 Å². The Labute approximate surface area is 145 Å². The van der Waals surface area contributed by atoms with Gasteiger partial charge in [0.1, 0.15) is 6.04 Å². The average molecular weight is 330 g/mol. The predicted octanol–water partition coefficient (Wildman–Crippen LogP) is 3.17. The molecule has 0 aromatic heterocycles. The van der Waals surface area contributed by atoms with Crippen LogP contribution in [0.3, 0.4) is 0 Å². The monoisotopic (exact) mass is 330 g/mol. The Morgan fingerprint density at radius 1 is 1.12 bits per heavy atom. The van der Waals surface area contributed by atoms with Crippen LogP contribution in [0.1, 0.15) is 58.9 Å². The smallest absolute Gasteiger partial charge is 0.242 e. The molecule has 0 aliphatic heterocycles. The van der Waals surface area contributed by atoms with Gasteiger partial charge < -0.3 is 10.6 Å². The van der Waals surface area contributed by atoms with E-state index in [1.807, 2.05) is 26.8 Å². The third-order valence-corrected chi connectivity index (χ3v) is 4.97. The van der Waals surface area contributed by atoms with Crippen LogP contribution < -0.4 is 10.6 Å². The van der Waals surface area contributed by atoms with E-state index < -0.39 is 11.5 Å². The van der Waals surface area contributed by atoms with Crippen molar-refractivity contribution in [3.63, 3.8) is 0 Å². The minimum absolute atomic E-state index is 0.0324. The third-order valence-electron chi connectivity index (χ3n) is 4.97. The quantitative estimate of drug-likeness (QED) is 0.871. The fraction of sp³-hybridized carbons (Fsp3) is 0.600. The van der Waals surface area contributed by atoms with Crippen molar-refractivity contribution in [3.8, 4) is 0 Å². The summed E-state index contributed by atoms with van der Waals surface area (Å²) in [5, 5.41) is 5.86. The number of hydrogen-bond acceptors (Lipinski definition) is 2. The maximum absolute atomic E-state index is 12.4. The Balaban J connectivity index is 1.97. The number of carbonyl (C=O) groups is 2. The van der Waals surface area contributed by atoms with Gasteiger partial charge in [-0.2, -0.15) is 0 Å². The molecule has 4 nitrogen and oxygen atoms in total. The van der Waals surface area contributed by atoms with Crippen LogP contribution in [0, 0.1) is 5.41 Å². The van der Waals surface area contributed by atoms with Gasteiger partial charge in [-0.25, -0.2) is 0 Å². The van der Waals surface area contributed by atoms with Gasteiger partial charge in [-0.15, -0.1) is 0 Å². The zero-order chi connectivity index (χ0) is 17.8. The number of benzene rings is 1. The fourth-order valence-electron chi connectivity index (χ4n) is 3.30. The van der Waals surface area contributed by atoms with Gasteiger partial charge in [-0.05, 0) is 25.3 Å². The van der Waals surface area contributed by atoms with Crippen LogP contribution in [0.4, 0.5) is 0 Å². The lowest BCUT2D eigenvalue weighted by atomic mass is 9.79. The first-order valence-corrected chi connectivity index (χ1v) is 8.89. The van der Waals surface area contributed by atoms with Crippen LogP contribution >= 0.6 is 0 Å². The first-order chi connectivity index (χ1) is 11.2. The number of carbonyl (C=O) groups excluding carboxylic acids is 2. The van der Waals surface area contributed by atoms with E-state index in [2.05, 4.69) is 34.9 Å². The van der Waals surface area contributed by atoms with Gasteiger partial charge in [0.2, 0.25) is 11.8 Å². The molecule has 2 amide bonds. The molecule has 1 aromatic rings. The van der Waals surface area contributed by atoms with Crippen molar-refractivity contribution in [2.24, 2.45) is 5.41 Å². The van der Waals surface area contributed by atoms with Gasteiger partial charge in [0.25, 0.3) is 0 Å². The second kappa shape index (κ2) is 7.37. The molecule has 0 saturated heterocycles. The van der Waals surface area contributed by atoms with Crippen LogP contribution in [0.15, 0.2) is 30.3 Å². The Morgan fingerprint density at radius 2 is 1.71 bits per heavy atom. The summed E-state index contributed by atoms with van der Waals surface area (Å²) in [6.07, 6.45) is 4.59. The minimum Gasteiger partial charge on any atom is -0.353 e. The van der Waals surface area contributed by atoms with Gasteiger partial charge in [0, 0.05) is 17.4 Å². The lowest BCUT2D eigenvalue weighted by molar-refractivity contribution is -0.133. The molecule has 0 bridgehead atoms. The van der Waals surface area contributed by atoms with Crippen molar-refractivity contribution in [1.82, 2.24) is 10.6 Å². The molecular formula is C20H30N2O2. The first kappa shape index (κ1) is 18.5. The van der Waals surface area contributed by atoms with E-state index in [4.69, 9.17) is 0 Å². The van der Waals surface area contributed by atoms with Crippen LogP contribution in [0.2, 0.25) is 0 Å².